The topological polar surface area (TPSA) is 101 Å². The first kappa shape index (κ1) is 21.8. The highest BCUT2D eigenvalue weighted by Gasteiger charge is 2.15. The van der Waals surface area contributed by atoms with E-state index in [4.69, 9.17) is 27.9 Å². The summed E-state index contributed by atoms with van der Waals surface area (Å²) in [5.41, 5.74) is 0.990. The lowest BCUT2D eigenvalue weighted by Crippen LogP contribution is -2.31. The molecular formula is C21H19Cl2N3O4. The number of benzene rings is 2. The standard InChI is InChI=1S/C21H19Cl2N3O4/c1-12(14-7-6-13(22)10-16(14)23)24-19(27)11-30-20(28)9-8-18-25-17-5-3-2-4-15(17)21(29)26-18/h2-7,10,12H,8-9,11H2,1H3,(H,24,27)(H,25,26,29)/t12-/m0/s1. The number of hydrogen-bond donors (Lipinski definition) is 2. The summed E-state index contributed by atoms with van der Waals surface area (Å²) in [6.45, 7) is 1.34. The molecule has 2 aromatic carbocycles. The zero-order valence-corrected chi connectivity index (χ0v) is 17.6. The van der Waals surface area contributed by atoms with E-state index in [2.05, 4.69) is 15.3 Å². The third-order valence-electron chi connectivity index (χ3n) is 4.40. The van der Waals surface area contributed by atoms with Gasteiger partial charge in [0.05, 0.1) is 23.4 Å². The smallest absolute Gasteiger partial charge is 0.306 e. The first-order valence-electron chi connectivity index (χ1n) is 9.21. The number of aromatic nitrogens is 2. The minimum Gasteiger partial charge on any atom is -0.456 e. The zero-order valence-electron chi connectivity index (χ0n) is 16.1. The van der Waals surface area contributed by atoms with Gasteiger partial charge < -0.3 is 15.0 Å². The molecule has 3 aromatic rings. The lowest BCUT2D eigenvalue weighted by Gasteiger charge is -2.16. The van der Waals surface area contributed by atoms with Gasteiger partial charge in [0.15, 0.2) is 6.61 Å². The molecule has 0 aliphatic rings. The van der Waals surface area contributed by atoms with Crippen molar-refractivity contribution >= 4 is 46.0 Å². The van der Waals surface area contributed by atoms with Gasteiger partial charge in [-0.15, -0.1) is 0 Å². The molecule has 7 nitrogen and oxygen atoms in total. The van der Waals surface area contributed by atoms with Gasteiger partial charge in [-0.1, -0.05) is 41.4 Å². The van der Waals surface area contributed by atoms with E-state index < -0.39 is 18.5 Å². The fraction of sp³-hybridized carbons (Fsp3) is 0.238. The molecule has 0 aliphatic carbocycles. The number of nitrogens with zero attached hydrogens (tertiary/aromatic N) is 1. The van der Waals surface area contributed by atoms with Gasteiger partial charge in [0.25, 0.3) is 11.5 Å². The van der Waals surface area contributed by atoms with Crippen molar-refractivity contribution in [2.75, 3.05) is 6.61 Å². The number of aromatic amines is 1. The monoisotopic (exact) mass is 447 g/mol. The average molecular weight is 448 g/mol. The molecule has 156 valence electrons. The molecule has 0 saturated heterocycles. The second kappa shape index (κ2) is 9.73. The maximum Gasteiger partial charge on any atom is 0.306 e. The highest BCUT2D eigenvalue weighted by atomic mass is 35.5. The predicted molar refractivity (Wildman–Crippen MR) is 115 cm³/mol. The van der Waals surface area contributed by atoms with Gasteiger partial charge in [0.2, 0.25) is 0 Å². The number of ether oxygens (including phenoxy) is 1. The molecule has 2 N–H and O–H groups in total. The third-order valence-corrected chi connectivity index (χ3v) is 4.96. The normalized spacial score (nSPS) is 11.8. The summed E-state index contributed by atoms with van der Waals surface area (Å²) in [4.78, 5) is 43.0. The number of aryl methyl sites for hydroxylation is 1. The van der Waals surface area contributed by atoms with Crippen molar-refractivity contribution in [3.8, 4) is 0 Å². The van der Waals surface area contributed by atoms with Crippen LogP contribution in [0.5, 0.6) is 0 Å². The van der Waals surface area contributed by atoms with Gasteiger partial charge in [-0.05, 0) is 36.8 Å². The van der Waals surface area contributed by atoms with Crippen LogP contribution in [0.25, 0.3) is 10.9 Å². The zero-order chi connectivity index (χ0) is 21.7. The van der Waals surface area contributed by atoms with Crippen LogP contribution in [-0.2, 0) is 20.7 Å². The van der Waals surface area contributed by atoms with Crippen molar-refractivity contribution in [1.29, 1.82) is 0 Å². The average Bonchev–Trinajstić information content (AvgIpc) is 2.70. The maximum atomic E-state index is 12.1. The Labute approximate surface area is 182 Å². The van der Waals surface area contributed by atoms with Crippen molar-refractivity contribution < 1.29 is 14.3 Å². The molecule has 1 aromatic heterocycles. The van der Waals surface area contributed by atoms with E-state index in [9.17, 15) is 14.4 Å². The molecule has 0 spiro atoms. The fourth-order valence-corrected chi connectivity index (χ4v) is 3.48. The molecule has 0 aliphatic heterocycles. The number of hydrogen-bond acceptors (Lipinski definition) is 5. The molecular weight excluding hydrogens is 429 g/mol. The number of rotatable bonds is 7. The van der Waals surface area contributed by atoms with Crippen LogP contribution < -0.4 is 10.9 Å². The van der Waals surface area contributed by atoms with Crippen LogP contribution in [0.3, 0.4) is 0 Å². The van der Waals surface area contributed by atoms with Crippen molar-refractivity contribution in [1.82, 2.24) is 15.3 Å². The van der Waals surface area contributed by atoms with Crippen LogP contribution >= 0.6 is 23.2 Å². The van der Waals surface area contributed by atoms with E-state index in [1.54, 1.807) is 49.4 Å². The van der Waals surface area contributed by atoms with E-state index in [0.717, 1.165) is 0 Å². The summed E-state index contributed by atoms with van der Waals surface area (Å²) in [5, 5.41) is 4.12. The number of carbonyl (C=O) groups is 2. The second-order valence-electron chi connectivity index (χ2n) is 6.65. The van der Waals surface area contributed by atoms with Gasteiger partial charge in [-0.25, -0.2) is 4.98 Å². The Morgan fingerprint density at radius 1 is 1.20 bits per heavy atom. The van der Waals surface area contributed by atoms with Crippen LogP contribution in [0.4, 0.5) is 0 Å². The van der Waals surface area contributed by atoms with Gasteiger partial charge >= 0.3 is 5.97 Å². The van der Waals surface area contributed by atoms with Crippen LogP contribution in [0.15, 0.2) is 47.3 Å². The Hall–Kier alpha value is -2.90. The highest BCUT2D eigenvalue weighted by Crippen LogP contribution is 2.26. The number of nitrogens with one attached hydrogen (secondary N) is 2. The van der Waals surface area contributed by atoms with Crippen molar-refractivity contribution in [3.05, 3.63) is 74.3 Å². The van der Waals surface area contributed by atoms with E-state index in [-0.39, 0.29) is 24.4 Å². The first-order valence-corrected chi connectivity index (χ1v) is 9.97. The lowest BCUT2D eigenvalue weighted by atomic mass is 10.1. The summed E-state index contributed by atoms with van der Waals surface area (Å²) in [7, 11) is 0. The number of carbonyl (C=O) groups excluding carboxylic acids is 2. The Balaban J connectivity index is 1.48. The molecule has 1 heterocycles. The highest BCUT2D eigenvalue weighted by molar-refractivity contribution is 6.35. The Kier molecular flexibility index (Phi) is 7.07. The first-order chi connectivity index (χ1) is 14.3. The molecule has 0 bridgehead atoms. The summed E-state index contributed by atoms with van der Waals surface area (Å²) >= 11 is 12.0. The number of amides is 1. The number of para-hydroxylation sites is 1. The summed E-state index contributed by atoms with van der Waals surface area (Å²) in [5.74, 6) is -0.650. The minimum absolute atomic E-state index is 0.0207. The number of fused-ring (bicyclic) bond motifs is 1. The molecule has 1 amide bonds. The molecule has 30 heavy (non-hydrogen) atoms. The van der Waals surface area contributed by atoms with Crippen molar-refractivity contribution in [2.24, 2.45) is 0 Å². The lowest BCUT2D eigenvalue weighted by molar-refractivity contribution is -0.148. The molecule has 9 heteroatoms. The summed E-state index contributed by atoms with van der Waals surface area (Å²) < 4.78 is 5.00. The number of esters is 1. The maximum absolute atomic E-state index is 12.1. The van der Waals surface area contributed by atoms with E-state index >= 15 is 0 Å². The predicted octanol–water partition coefficient (Wildman–Crippen LogP) is 3.58. The van der Waals surface area contributed by atoms with Crippen molar-refractivity contribution in [3.63, 3.8) is 0 Å². The fourth-order valence-electron chi connectivity index (χ4n) is 2.91. The largest absolute Gasteiger partial charge is 0.456 e. The Morgan fingerprint density at radius 2 is 1.97 bits per heavy atom. The summed E-state index contributed by atoms with van der Waals surface area (Å²) in [6, 6.07) is 11.5. The molecule has 0 radical (unpaired) electrons. The molecule has 1 atom stereocenters. The SMILES string of the molecule is C[C@H](NC(=O)COC(=O)CCc1nc2ccccc2c(=O)[nH]1)c1ccc(Cl)cc1Cl. The second-order valence-corrected chi connectivity index (χ2v) is 7.49. The van der Waals surface area contributed by atoms with Crippen LogP contribution in [-0.4, -0.2) is 28.5 Å². The van der Waals surface area contributed by atoms with Gasteiger partial charge in [-0.2, -0.15) is 0 Å². The molecule has 0 fully saturated rings. The van der Waals surface area contributed by atoms with Crippen molar-refractivity contribution in [2.45, 2.75) is 25.8 Å². The number of H-pyrrole nitrogens is 1. The quantitative estimate of drug-likeness (QED) is 0.538. The van der Waals surface area contributed by atoms with Crippen LogP contribution in [0.2, 0.25) is 10.0 Å². The van der Waals surface area contributed by atoms with Crippen LogP contribution in [0.1, 0.15) is 30.8 Å². The number of halogens is 2. The Bertz CT molecular complexity index is 1150. The van der Waals surface area contributed by atoms with Crippen LogP contribution in [0, 0.1) is 0 Å². The minimum atomic E-state index is -0.571. The van der Waals surface area contributed by atoms with E-state index in [0.29, 0.717) is 32.3 Å². The summed E-state index contributed by atoms with van der Waals surface area (Å²) in [6.07, 6.45) is 0.171. The van der Waals surface area contributed by atoms with Gasteiger partial charge in [0, 0.05) is 16.5 Å². The molecule has 3 rings (SSSR count). The van der Waals surface area contributed by atoms with Gasteiger partial charge in [0.1, 0.15) is 5.82 Å². The van der Waals surface area contributed by atoms with E-state index in [1.165, 1.54) is 0 Å². The van der Waals surface area contributed by atoms with E-state index in [1.807, 2.05) is 0 Å². The van der Waals surface area contributed by atoms with Gasteiger partial charge in [-0.3, -0.25) is 14.4 Å². The third kappa shape index (κ3) is 5.58. The molecule has 0 saturated carbocycles. The molecule has 0 unspecified atom stereocenters. The Morgan fingerprint density at radius 3 is 2.73 bits per heavy atom.